The van der Waals surface area contributed by atoms with Crippen molar-refractivity contribution in [3.05, 3.63) is 36.7 Å². The molecule has 0 spiro atoms. The van der Waals surface area contributed by atoms with Crippen LogP contribution in [0.15, 0.2) is 36.7 Å². The Bertz CT molecular complexity index is 1100. The number of para-hydroxylation sites is 2. The lowest BCUT2D eigenvalue weighted by Gasteiger charge is -2.50. The minimum atomic E-state index is -0.722. The molecule has 2 aromatic rings. The van der Waals surface area contributed by atoms with Crippen LogP contribution in [-0.2, 0) is 9.59 Å². The fourth-order valence-electron chi connectivity index (χ4n) is 5.91. The summed E-state index contributed by atoms with van der Waals surface area (Å²) in [6.45, 7) is 4.02. The number of rotatable bonds is 8. The molecule has 4 fully saturated rings. The zero-order valence-electron chi connectivity index (χ0n) is 20.7. The van der Waals surface area contributed by atoms with Gasteiger partial charge in [0.25, 0.3) is 0 Å². The summed E-state index contributed by atoms with van der Waals surface area (Å²) in [5.74, 6) is 1.82. The molecule has 36 heavy (non-hydrogen) atoms. The Balaban J connectivity index is 1.23. The normalized spacial score (nSPS) is 27.4. The Morgan fingerprint density at radius 1 is 1.08 bits per heavy atom. The van der Waals surface area contributed by atoms with Crippen LogP contribution in [0.5, 0.6) is 11.5 Å². The highest BCUT2D eigenvalue weighted by molar-refractivity contribution is 5.95. The van der Waals surface area contributed by atoms with Gasteiger partial charge in [-0.05, 0) is 70.4 Å². The molecule has 9 heteroatoms. The Labute approximate surface area is 211 Å². The van der Waals surface area contributed by atoms with E-state index in [2.05, 4.69) is 15.2 Å². The molecule has 6 rings (SSSR count). The Kier molecular flexibility index (Phi) is 6.73. The fraction of sp³-hybridized carbons (Fsp3) is 0.556. The van der Waals surface area contributed by atoms with E-state index in [0.717, 1.165) is 30.9 Å². The Hall–Kier alpha value is -3.36. The van der Waals surface area contributed by atoms with E-state index in [9.17, 15) is 14.7 Å². The van der Waals surface area contributed by atoms with Crippen LogP contribution >= 0.6 is 0 Å². The van der Waals surface area contributed by atoms with E-state index >= 15 is 0 Å². The summed E-state index contributed by atoms with van der Waals surface area (Å²) in [5, 5.41) is 12.6. The first kappa shape index (κ1) is 24.3. The van der Waals surface area contributed by atoms with Gasteiger partial charge in [-0.25, -0.2) is 4.98 Å². The predicted molar refractivity (Wildman–Crippen MR) is 134 cm³/mol. The molecule has 2 N–H and O–H groups in total. The molecule has 0 unspecified atom stereocenters. The van der Waals surface area contributed by atoms with Gasteiger partial charge in [-0.3, -0.25) is 14.6 Å². The van der Waals surface area contributed by atoms with E-state index in [-0.39, 0.29) is 12.0 Å². The van der Waals surface area contributed by atoms with Gasteiger partial charge in [0.1, 0.15) is 11.9 Å². The maximum absolute atomic E-state index is 13.3. The number of hydrogen-bond acceptors (Lipinski definition) is 7. The van der Waals surface area contributed by atoms with Crippen LogP contribution in [0, 0.1) is 10.8 Å². The maximum Gasteiger partial charge on any atom is 0.309 e. The lowest BCUT2D eigenvalue weighted by molar-refractivity contribution is -0.162. The molecule has 2 heterocycles. The molecule has 9 nitrogen and oxygen atoms in total. The minimum Gasteiger partial charge on any atom is -0.490 e. The molecule has 1 saturated heterocycles. The van der Waals surface area contributed by atoms with Crippen molar-refractivity contribution in [3.63, 3.8) is 0 Å². The third-order valence-corrected chi connectivity index (χ3v) is 8.19. The number of carbonyl (C=O) groups excluding carboxylic acids is 1. The van der Waals surface area contributed by atoms with Gasteiger partial charge in [-0.1, -0.05) is 12.1 Å². The number of carbonyl (C=O) groups is 2. The van der Waals surface area contributed by atoms with Crippen molar-refractivity contribution >= 4 is 23.5 Å². The first-order valence-electron chi connectivity index (χ1n) is 12.9. The standard InChI is InChI=1S/C27H34N4O5/c1-2-35-20-7-3-4-8-21(20)36-19-6-5-15-31(18-19)23-17-28-16-22(29-23)30-24(32)26-9-12-27(13-10-26,14-11-26)25(33)34/h3-4,7-8,16-17,19H,2,5-6,9-15,18H2,1H3,(H,33,34)(H,29,30,32)/t19-,26?,27?/m1/s1. The van der Waals surface area contributed by atoms with Crippen molar-refractivity contribution in [1.29, 1.82) is 0 Å². The van der Waals surface area contributed by atoms with Gasteiger partial charge in [-0.15, -0.1) is 0 Å². The smallest absolute Gasteiger partial charge is 0.309 e. The number of carboxylic acid groups (broad SMARTS) is 1. The average Bonchev–Trinajstić information content (AvgIpc) is 2.91. The van der Waals surface area contributed by atoms with Gasteiger partial charge in [0.2, 0.25) is 5.91 Å². The second kappa shape index (κ2) is 9.95. The molecular formula is C27H34N4O5. The third-order valence-electron chi connectivity index (χ3n) is 8.19. The maximum atomic E-state index is 13.3. The molecule has 2 bridgehead atoms. The van der Waals surface area contributed by atoms with Gasteiger partial charge in [0.05, 0.1) is 31.0 Å². The minimum absolute atomic E-state index is 0.0155. The zero-order valence-corrected chi connectivity index (χ0v) is 20.7. The van der Waals surface area contributed by atoms with E-state index < -0.39 is 16.8 Å². The number of anilines is 2. The number of nitrogens with zero attached hydrogens (tertiary/aromatic N) is 3. The van der Waals surface area contributed by atoms with Crippen molar-refractivity contribution in [2.75, 3.05) is 29.9 Å². The molecule has 1 aromatic carbocycles. The number of benzene rings is 1. The molecule has 0 radical (unpaired) electrons. The fourth-order valence-corrected chi connectivity index (χ4v) is 5.91. The van der Waals surface area contributed by atoms with Crippen LogP contribution in [0.1, 0.15) is 58.3 Å². The summed E-state index contributed by atoms with van der Waals surface area (Å²) < 4.78 is 12.0. The number of fused-ring (bicyclic) bond motifs is 3. The molecule has 1 amide bonds. The lowest BCUT2D eigenvalue weighted by Crippen LogP contribution is -2.50. The van der Waals surface area contributed by atoms with Gasteiger partial charge >= 0.3 is 5.97 Å². The van der Waals surface area contributed by atoms with E-state index in [1.807, 2.05) is 31.2 Å². The molecule has 4 aliphatic rings. The number of aliphatic carboxylic acids is 1. The Morgan fingerprint density at radius 3 is 2.47 bits per heavy atom. The van der Waals surface area contributed by atoms with E-state index in [1.54, 1.807) is 12.4 Å². The average molecular weight is 495 g/mol. The first-order valence-corrected chi connectivity index (χ1v) is 12.9. The largest absolute Gasteiger partial charge is 0.490 e. The zero-order chi connectivity index (χ0) is 25.2. The van der Waals surface area contributed by atoms with Crippen molar-refractivity contribution in [3.8, 4) is 11.5 Å². The molecule has 3 aliphatic carbocycles. The van der Waals surface area contributed by atoms with Crippen molar-refractivity contribution < 1.29 is 24.2 Å². The number of ether oxygens (including phenoxy) is 2. The second-order valence-electron chi connectivity index (χ2n) is 10.3. The summed E-state index contributed by atoms with van der Waals surface area (Å²) in [6, 6.07) is 7.71. The van der Waals surface area contributed by atoms with Crippen LogP contribution in [0.25, 0.3) is 0 Å². The molecular weight excluding hydrogens is 460 g/mol. The van der Waals surface area contributed by atoms with Gasteiger partial charge in [-0.2, -0.15) is 0 Å². The van der Waals surface area contributed by atoms with Crippen LogP contribution in [0.4, 0.5) is 11.6 Å². The van der Waals surface area contributed by atoms with E-state index in [1.165, 1.54) is 0 Å². The Morgan fingerprint density at radius 2 is 1.78 bits per heavy atom. The summed E-state index contributed by atoms with van der Waals surface area (Å²) in [6.07, 6.45) is 8.64. The summed E-state index contributed by atoms with van der Waals surface area (Å²) >= 11 is 0. The highest BCUT2D eigenvalue weighted by Crippen LogP contribution is 2.57. The van der Waals surface area contributed by atoms with Crippen LogP contribution in [-0.4, -0.2) is 52.8 Å². The number of amides is 1. The van der Waals surface area contributed by atoms with Crippen molar-refractivity contribution in [2.45, 2.75) is 64.4 Å². The highest BCUT2D eigenvalue weighted by atomic mass is 16.5. The highest BCUT2D eigenvalue weighted by Gasteiger charge is 2.55. The third kappa shape index (κ3) is 4.70. The number of aromatic nitrogens is 2. The predicted octanol–water partition coefficient (Wildman–Crippen LogP) is 4.29. The molecule has 1 aliphatic heterocycles. The number of nitrogens with one attached hydrogen (secondary N) is 1. The number of piperidine rings is 1. The monoisotopic (exact) mass is 494 g/mol. The summed E-state index contributed by atoms with van der Waals surface area (Å²) in [4.78, 5) is 36.2. The van der Waals surface area contributed by atoms with Crippen LogP contribution < -0.4 is 19.7 Å². The van der Waals surface area contributed by atoms with Crippen LogP contribution in [0.2, 0.25) is 0 Å². The summed E-state index contributed by atoms with van der Waals surface area (Å²) in [5.41, 5.74) is -1.15. The van der Waals surface area contributed by atoms with Crippen molar-refractivity contribution in [1.82, 2.24) is 9.97 Å². The van der Waals surface area contributed by atoms with Gasteiger partial charge < -0.3 is 24.8 Å². The molecule has 3 saturated carbocycles. The SMILES string of the molecule is CCOc1ccccc1O[C@@H]1CCCN(c2cncc(NC(=O)C34CCC(C(=O)O)(CC3)CC4)n2)C1. The van der Waals surface area contributed by atoms with E-state index in [0.29, 0.717) is 63.3 Å². The van der Waals surface area contributed by atoms with Crippen LogP contribution in [0.3, 0.4) is 0 Å². The lowest BCUT2D eigenvalue weighted by atomic mass is 9.53. The van der Waals surface area contributed by atoms with E-state index in [4.69, 9.17) is 14.5 Å². The van der Waals surface area contributed by atoms with Gasteiger partial charge in [0.15, 0.2) is 17.3 Å². The molecule has 1 atom stereocenters. The number of hydrogen-bond donors (Lipinski definition) is 2. The summed E-state index contributed by atoms with van der Waals surface area (Å²) in [7, 11) is 0. The number of carboxylic acids is 1. The quantitative estimate of drug-likeness (QED) is 0.559. The molecule has 1 aromatic heterocycles. The molecule has 192 valence electrons. The second-order valence-corrected chi connectivity index (χ2v) is 10.3. The van der Waals surface area contributed by atoms with Gasteiger partial charge in [0, 0.05) is 12.0 Å². The first-order chi connectivity index (χ1) is 17.4. The topological polar surface area (TPSA) is 114 Å². The van der Waals surface area contributed by atoms with Crippen molar-refractivity contribution in [2.24, 2.45) is 10.8 Å².